The molecule has 1 N–H and O–H groups in total. The van der Waals surface area contributed by atoms with Gasteiger partial charge < -0.3 is 13.8 Å². The first kappa shape index (κ1) is 15.8. The Hall–Kier alpha value is -2.10. The van der Waals surface area contributed by atoms with Crippen LogP contribution < -0.4 is 5.76 Å². The van der Waals surface area contributed by atoms with Crippen molar-refractivity contribution in [1.29, 1.82) is 0 Å². The minimum absolute atomic E-state index is 0.0907. The molecule has 124 valence electrons. The zero-order chi connectivity index (χ0) is 16.2. The van der Waals surface area contributed by atoms with Crippen molar-refractivity contribution in [3.8, 4) is 0 Å². The zero-order valence-electron chi connectivity index (χ0n) is 12.7. The third-order valence-corrected chi connectivity index (χ3v) is 4.59. The van der Waals surface area contributed by atoms with Gasteiger partial charge in [0.2, 0.25) is 17.7 Å². The highest BCUT2D eigenvalue weighted by Gasteiger charge is 2.26. The lowest BCUT2D eigenvalue weighted by atomic mass is 9.97. The first-order chi connectivity index (χ1) is 11.1. The van der Waals surface area contributed by atoms with Crippen LogP contribution in [0.5, 0.6) is 0 Å². The first-order valence-electron chi connectivity index (χ1n) is 7.32. The highest BCUT2D eigenvalue weighted by Crippen LogP contribution is 2.26. The lowest BCUT2D eigenvalue weighted by Crippen LogP contribution is -2.39. The van der Waals surface area contributed by atoms with Gasteiger partial charge in [-0.3, -0.25) is 4.79 Å². The smallest absolute Gasteiger partial charge is 0.392 e. The van der Waals surface area contributed by atoms with Gasteiger partial charge in [0.1, 0.15) is 0 Å². The summed E-state index contributed by atoms with van der Waals surface area (Å²) in [6, 6.07) is 0. The molecule has 2 aromatic heterocycles. The van der Waals surface area contributed by atoms with Gasteiger partial charge in [0.15, 0.2) is 5.82 Å². The number of piperidine rings is 1. The van der Waals surface area contributed by atoms with Crippen molar-refractivity contribution in [2.75, 3.05) is 18.8 Å². The maximum atomic E-state index is 12.2. The number of H-pyrrole nitrogens is 1. The minimum Gasteiger partial charge on any atom is -0.392 e. The molecule has 1 aliphatic rings. The van der Waals surface area contributed by atoms with Crippen molar-refractivity contribution < 1.29 is 13.7 Å². The minimum atomic E-state index is -0.536. The van der Waals surface area contributed by atoms with Gasteiger partial charge in [-0.1, -0.05) is 5.16 Å². The fraction of sp³-hybridized carbons (Fsp3) is 0.615. The molecule has 10 heteroatoms. The van der Waals surface area contributed by atoms with Gasteiger partial charge >= 0.3 is 5.76 Å². The number of likely N-dealkylation sites (tertiary alicyclic amines) is 1. The number of carbonyl (C=O) groups excluding carboxylic acids is 1. The molecule has 3 heterocycles. The van der Waals surface area contributed by atoms with Crippen LogP contribution in [0.3, 0.4) is 0 Å². The van der Waals surface area contributed by atoms with E-state index in [1.54, 1.807) is 6.92 Å². The van der Waals surface area contributed by atoms with Crippen molar-refractivity contribution in [3.05, 3.63) is 28.2 Å². The molecule has 2 aromatic rings. The van der Waals surface area contributed by atoms with Gasteiger partial charge in [-0.2, -0.15) is 4.98 Å². The van der Waals surface area contributed by atoms with Gasteiger partial charge in [0.05, 0.1) is 11.5 Å². The largest absolute Gasteiger partial charge is 0.434 e. The zero-order valence-corrected chi connectivity index (χ0v) is 13.5. The molecule has 1 fully saturated rings. The van der Waals surface area contributed by atoms with E-state index >= 15 is 0 Å². The average Bonchev–Trinajstić information content (AvgIpc) is 3.16. The molecule has 0 atom stereocenters. The van der Waals surface area contributed by atoms with Gasteiger partial charge in [0, 0.05) is 25.9 Å². The second-order valence-electron chi connectivity index (χ2n) is 5.33. The molecule has 1 amide bonds. The summed E-state index contributed by atoms with van der Waals surface area (Å²) in [6.07, 6.45) is 1.49. The van der Waals surface area contributed by atoms with E-state index in [-0.39, 0.29) is 11.8 Å². The highest BCUT2D eigenvalue weighted by molar-refractivity contribution is 7.99. The molecule has 23 heavy (non-hydrogen) atoms. The average molecular weight is 339 g/mol. The van der Waals surface area contributed by atoms with Crippen molar-refractivity contribution in [2.45, 2.75) is 31.4 Å². The molecule has 0 saturated carbocycles. The van der Waals surface area contributed by atoms with Crippen LogP contribution in [0, 0.1) is 6.92 Å². The molecule has 0 radical (unpaired) electrons. The van der Waals surface area contributed by atoms with Crippen molar-refractivity contribution in [1.82, 2.24) is 25.2 Å². The van der Waals surface area contributed by atoms with Gasteiger partial charge in [-0.05, 0) is 12.8 Å². The standard InChI is InChI=1S/C13H17N5O4S/c1-8-14-10(17-22-8)6-23-7-11(19)18-4-2-9(3-5-18)12-15-16-13(20)21-12/h9H,2-7H2,1H3,(H,16,20). The number of thioether (sulfide) groups is 1. The molecular formula is C13H17N5O4S. The molecule has 0 unspecified atom stereocenters. The number of amides is 1. The Morgan fingerprint density at radius 3 is 2.83 bits per heavy atom. The Labute approximate surface area is 135 Å². The third kappa shape index (κ3) is 4.01. The van der Waals surface area contributed by atoms with Crippen molar-refractivity contribution in [2.24, 2.45) is 0 Å². The molecular weight excluding hydrogens is 322 g/mol. The monoisotopic (exact) mass is 339 g/mol. The predicted octanol–water partition coefficient (Wildman–Crippen LogP) is 0.694. The van der Waals surface area contributed by atoms with Crippen LogP contribution in [0.2, 0.25) is 0 Å². The Balaban J connectivity index is 1.42. The maximum Gasteiger partial charge on any atom is 0.434 e. The van der Waals surface area contributed by atoms with E-state index in [0.29, 0.717) is 42.2 Å². The summed E-state index contributed by atoms with van der Waals surface area (Å²) in [7, 11) is 0. The summed E-state index contributed by atoms with van der Waals surface area (Å²) >= 11 is 1.47. The number of rotatable bonds is 5. The van der Waals surface area contributed by atoms with Crippen LogP contribution in [0.1, 0.15) is 36.4 Å². The van der Waals surface area contributed by atoms with E-state index in [0.717, 1.165) is 12.8 Å². The maximum absolute atomic E-state index is 12.2. The van der Waals surface area contributed by atoms with E-state index in [4.69, 9.17) is 8.94 Å². The molecule has 0 aromatic carbocycles. The van der Waals surface area contributed by atoms with E-state index in [1.807, 2.05) is 4.90 Å². The second kappa shape index (κ2) is 6.99. The van der Waals surface area contributed by atoms with E-state index < -0.39 is 5.76 Å². The number of aryl methyl sites for hydroxylation is 1. The molecule has 0 spiro atoms. The Bertz CT molecular complexity index is 716. The third-order valence-electron chi connectivity index (χ3n) is 3.68. The Morgan fingerprint density at radius 1 is 1.43 bits per heavy atom. The van der Waals surface area contributed by atoms with Gasteiger partial charge in [-0.15, -0.1) is 16.9 Å². The molecule has 9 nitrogen and oxygen atoms in total. The fourth-order valence-electron chi connectivity index (χ4n) is 2.51. The number of hydrogen-bond acceptors (Lipinski definition) is 8. The molecule has 1 saturated heterocycles. The predicted molar refractivity (Wildman–Crippen MR) is 80.9 cm³/mol. The molecule has 3 rings (SSSR count). The number of carbonyl (C=O) groups is 1. The van der Waals surface area contributed by atoms with Crippen LogP contribution in [0.4, 0.5) is 0 Å². The lowest BCUT2D eigenvalue weighted by molar-refractivity contribution is -0.129. The summed E-state index contributed by atoms with van der Waals surface area (Å²) in [4.78, 5) is 29.1. The van der Waals surface area contributed by atoms with E-state index in [1.165, 1.54) is 11.8 Å². The van der Waals surface area contributed by atoms with E-state index in [2.05, 4.69) is 20.3 Å². The fourth-order valence-corrected chi connectivity index (χ4v) is 3.27. The summed E-state index contributed by atoms with van der Waals surface area (Å²) in [5.74, 6) is 2.15. The van der Waals surface area contributed by atoms with Gasteiger partial charge in [-0.25, -0.2) is 9.89 Å². The van der Waals surface area contributed by atoms with E-state index in [9.17, 15) is 9.59 Å². The SMILES string of the molecule is Cc1nc(CSCC(=O)N2CCC(c3n[nH]c(=O)o3)CC2)no1. The summed E-state index contributed by atoms with van der Waals surface area (Å²) in [6.45, 7) is 3.02. The Kier molecular flexibility index (Phi) is 4.79. The number of aromatic nitrogens is 4. The summed E-state index contributed by atoms with van der Waals surface area (Å²) in [5.41, 5.74) is 0. The van der Waals surface area contributed by atoms with Crippen molar-refractivity contribution >= 4 is 17.7 Å². The summed E-state index contributed by atoms with van der Waals surface area (Å²) in [5, 5.41) is 9.92. The normalized spacial score (nSPS) is 16.0. The lowest BCUT2D eigenvalue weighted by Gasteiger charge is -2.30. The van der Waals surface area contributed by atoms with Crippen LogP contribution in [0.25, 0.3) is 0 Å². The number of aromatic amines is 1. The number of nitrogens with one attached hydrogen (secondary N) is 1. The molecule has 0 aliphatic carbocycles. The number of nitrogens with zero attached hydrogens (tertiary/aromatic N) is 4. The molecule has 1 aliphatic heterocycles. The van der Waals surface area contributed by atoms with Crippen LogP contribution >= 0.6 is 11.8 Å². The van der Waals surface area contributed by atoms with Crippen LogP contribution in [-0.4, -0.2) is 50.0 Å². The first-order valence-corrected chi connectivity index (χ1v) is 8.47. The van der Waals surface area contributed by atoms with Crippen molar-refractivity contribution in [3.63, 3.8) is 0 Å². The Morgan fingerprint density at radius 2 is 2.22 bits per heavy atom. The highest BCUT2D eigenvalue weighted by atomic mass is 32.2. The van der Waals surface area contributed by atoms with Crippen LogP contribution in [0.15, 0.2) is 13.7 Å². The van der Waals surface area contributed by atoms with Crippen LogP contribution in [-0.2, 0) is 10.5 Å². The second-order valence-corrected chi connectivity index (χ2v) is 6.31. The number of hydrogen-bond donors (Lipinski definition) is 1. The molecule has 0 bridgehead atoms. The van der Waals surface area contributed by atoms with Gasteiger partial charge in [0.25, 0.3) is 0 Å². The topological polar surface area (TPSA) is 118 Å². The summed E-state index contributed by atoms with van der Waals surface area (Å²) < 4.78 is 9.87. The quantitative estimate of drug-likeness (QED) is 0.845.